The fraction of sp³-hybridized carbons (Fsp3) is 0.467. The zero-order valence-electron chi connectivity index (χ0n) is 12.5. The zero-order chi connectivity index (χ0) is 16.2. The summed E-state index contributed by atoms with van der Waals surface area (Å²) in [6.45, 7) is 3.71. The highest BCUT2D eigenvalue weighted by Gasteiger charge is 2.40. The van der Waals surface area contributed by atoms with Crippen molar-refractivity contribution in [2.24, 2.45) is 11.8 Å². The summed E-state index contributed by atoms with van der Waals surface area (Å²) in [5.74, 6) is -2.59. The molecular weight excluding hydrogens is 340 g/mol. The highest BCUT2D eigenvalue weighted by atomic mass is 79.9. The van der Waals surface area contributed by atoms with Crippen LogP contribution in [0.15, 0.2) is 34.6 Å². The Kier molecular flexibility index (Phi) is 6.20. The minimum Gasteiger partial charge on any atom is -0.507 e. The number of carbonyl (C=O) groups is 2. The highest BCUT2D eigenvalue weighted by molar-refractivity contribution is 9.09. The van der Waals surface area contributed by atoms with E-state index in [9.17, 15) is 14.7 Å². The molecule has 0 saturated carbocycles. The first-order valence-electron chi connectivity index (χ1n) is 6.38. The number of ether oxygens (including phenoxy) is 2. The van der Waals surface area contributed by atoms with Gasteiger partial charge in [0.05, 0.1) is 25.7 Å². The zero-order valence-corrected chi connectivity index (χ0v) is 14.1. The molecule has 0 saturated heterocycles. The van der Waals surface area contributed by atoms with Crippen molar-refractivity contribution in [3.63, 3.8) is 0 Å². The number of aliphatic hydroxyl groups excluding tert-OH is 1. The van der Waals surface area contributed by atoms with Crippen molar-refractivity contribution in [1.82, 2.24) is 0 Å². The minimum absolute atomic E-state index is 0.0683. The molecule has 0 amide bonds. The molecule has 0 bridgehead atoms. The number of esters is 2. The van der Waals surface area contributed by atoms with Crippen molar-refractivity contribution in [2.75, 3.05) is 19.5 Å². The van der Waals surface area contributed by atoms with E-state index in [1.54, 1.807) is 6.08 Å². The van der Waals surface area contributed by atoms with Crippen LogP contribution in [0, 0.1) is 11.8 Å². The van der Waals surface area contributed by atoms with Crippen LogP contribution in [0.2, 0.25) is 0 Å². The topological polar surface area (TPSA) is 72.8 Å². The molecule has 0 aromatic carbocycles. The van der Waals surface area contributed by atoms with Gasteiger partial charge in [-0.15, -0.1) is 0 Å². The highest BCUT2D eigenvalue weighted by Crippen LogP contribution is 2.38. The summed E-state index contributed by atoms with van der Waals surface area (Å²) in [6, 6.07) is 0. The maximum Gasteiger partial charge on any atom is 0.338 e. The van der Waals surface area contributed by atoms with Crippen LogP contribution in [0.1, 0.15) is 13.8 Å². The lowest BCUT2D eigenvalue weighted by Crippen LogP contribution is -2.34. The van der Waals surface area contributed by atoms with Crippen LogP contribution in [-0.2, 0) is 19.1 Å². The molecular formula is C15H19BrO5. The van der Waals surface area contributed by atoms with E-state index in [0.29, 0.717) is 10.9 Å². The monoisotopic (exact) mass is 358 g/mol. The SMILES string of the molecule is COC(=O)C1=C(O)C=C(CBr)[C@H](C(=O)OC)[C@H]1C=C(C)C. The number of alkyl halides is 1. The predicted molar refractivity (Wildman–Crippen MR) is 82.0 cm³/mol. The second kappa shape index (κ2) is 7.45. The second-order valence-electron chi connectivity index (χ2n) is 4.91. The summed E-state index contributed by atoms with van der Waals surface area (Å²) in [5, 5.41) is 10.5. The van der Waals surface area contributed by atoms with E-state index < -0.39 is 23.8 Å². The lowest BCUT2D eigenvalue weighted by molar-refractivity contribution is -0.145. The molecule has 6 heteroatoms. The van der Waals surface area contributed by atoms with Crippen LogP contribution in [0.4, 0.5) is 0 Å². The van der Waals surface area contributed by atoms with Crippen molar-refractivity contribution in [1.29, 1.82) is 0 Å². The Morgan fingerprint density at radius 3 is 2.38 bits per heavy atom. The lowest BCUT2D eigenvalue weighted by Gasteiger charge is -2.29. The molecule has 0 unspecified atom stereocenters. The minimum atomic E-state index is -0.672. The smallest absolute Gasteiger partial charge is 0.338 e. The number of aliphatic hydroxyl groups is 1. The molecule has 0 fully saturated rings. The molecule has 0 aliphatic heterocycles. The van der Waals surface area contributed by atoms with E-state index in [0.717, 1.165) is 5.57 Å². The third kappa shape index (κ3) is 3.75. The number of halogens is 1. The van der Waals surface area contributed by atoms with E-state index in [4.69, 9.17) is 9.47 Å². The number of methoxy groups -OCH3 is 2. The van der Waals surface area contributed by atoms with Crippen molar-refractivity contribution in [3.05, 3.63) is 34.6 Å². The molecule has 2 atom stereocenters. The van der Waals surface area contributed by atoms with Gasteiger partial charge in [-0.3, -0.25) is 4.79 Å². The fourth-order valence-electron chi connectivity index (χ4n) is 2.35. The normalized spacial score (nSPS) is 21.5. The second-order valence-corrected chi connectivity index (χ2v) is 5.47. The van der Waals surface area contributed by atoms with Gasteiger partial charge >= 0.3 is 11.9 Å². The maximum atomic E-state index is 12.1. The van der Waals surface area contributed by atoms with Crippen molar-refractivity contribution >= 4 is 27.9 Å². The van der Waals surface area contributed by atoms with Crippen LogP contribution in [0.5, 0.6) is 0 Å². The molecule has 1 aliphatic carbocycles. The summed E-state index contributed by atoms with van der Waals surface area (Å²) in [7, 11) is 2.53. The summed E-state index contributed by atoms with van der Waals surface area (Å²) < 4.78 is 9.57. The molecule has 0 aromatic rings. The summed E-state index contributed by atoms with van der Waals surface area (Å²) in [5.41, 5.74) is 1.63. The van der Waals surface area contributed by atoms with Crippen LogP contribution in [0.25, 0.3) is 0 Å². The molecule has 116 valence electrons. The average Bonchev–Trinajstić information content (AvgIpc) is 2.44. The van der Waals surface area contributed by atoms with Crippen LogP contribution < -0.4 is 0 Å². The van der Waals surface area contributed by atoms with Crippen molar-refractivity contribution in [3.8, 4) is 0 Å². The van der Waals surface area contributed by atoms with Gasteiger partial charge in [0.15, 0.2) is 0 Å². The van der Waals surface area contributed by atoms with Gasteiger partial charge in [-0.1, -0.05) is 27.6 Å². The Morgan fingerprint density at radius 1 is 1.33 bits per heavy atom. The Morgan fingerprint density at radius 2 is 1.95 bits per heavy atom. The Labute approximate surface area is 132 Å². The molecule has 1 N–H and O–H groups in total. The van der Waals surface area contributed by atoms with Gasteiger partial charge in [-0.2, -0.15) is 0 Å². The summed E-state index contributed by atoms with van der Waals surface area (Å²) in [6.07, 6.45) is 3.18. The van der Waals surface area contributed by atoms with Gasteiger partial charge in [0.1, 0.15) is 5.76 Å². The average molecular weight is 359 g/mol. The van der Waals surface area contributed by atoms with E-state index in [2.05, 4.69) is 15.9 Å². The third-order valence-electron chi connectivity index (χ3n) is 3.22. The first-order valence-corrected chi connectivity index (χ1v) is 7.50. The lowest BCUT2D eigenvalue weighted by atomic mass is 9.76. The number of hydrogen-bond donors (Lipinski definition) is 1. The van der Waals surface area contributed by atoms with Crippen LogP contribution in [0.3, 0.4) is 0 Å². The Bertz CT molecular complexity index is 526. The molecule has 1 aliphatic rings. The maximum absolute atomic E-state index is 12.1. The molecule has 1 rings (SSSR count). The van der Waals surface area contributed by atoms with Gasteiger partial charge in [-0.05, 0) is 25.5 Å². The largest absolute Gasteiger partial charge is 0.507 e. The van der Waals surface area contributed by atoms with Gasteiger partial charge in [0.25, 0.3) is 0 Å². The van der Waals surface area contributed by atoms with Gasteiger partial charge in [0.2, 0.25) is 0 Å². The molecule has 0 spiro atoms. The van der Waals surface area contributed by atoms with Crippen molar-refractivity contribution < 1.29 is 24.2 Å². The van der Waals surface area contributed by atoms with Crippen molar-refractivity contribution in [2.45, 2.75) is 13.8 Å². The number of hydrogen-bond acceptors (Lipinski definition) is 5. The molecule has 0 heterocycles. The van der Waals surface area contributed by atoms with Crippen LogP contribution in [-0.4, -0.2) is 36.6 Å². The predicted octanol–water partition coefficient (Wildman–Crippen LogP) is 2.68. The molecule has 0 aromatic heterocycles. The van der Waals surface area contributed by atoms with E-state index in [-0.39, 0.29) is 11.3 Å². The van der Waals surface area contributed by atoms with E-state index in [1.807, 2.05) is 13.8 Å². The Balaban J connectivity index is 3.50. The van der Waals surface area contributed by atoms with Gasteiger partial charge < -0.3 is 14.6 Å². The molecule has 5 nitrogen and oxygen atoms in total. The van der Waals surface area contributed by atoms with E-state index >= 15 is 0 Å². The summed E-state index contributed by atoms with van der Waals surface area (Å²) in [4.78, 5) is 24.1. The molecule has 21 heavy (non-hydrogen) atoms. The number of carbonyl (C=O) groups excluding carboxylic acids is 2. The third-order valence-corrected chi connectivity index (χ3v) is 3.87. The Hall–Kier alpha value is -1.56. The van der Waals surface area contributed by atoms with Crippen LogP contribution >= 0.6 is 15.9 Å². The molecule has 0 radical (unpaired) electrons. The number of rotatable bonds is 4. The standard InChI is InChI=1S/C15H19BrO5/c1-8(2)5-10-12(14(18)20-3)9(7-16)6-11(17)13(10)15(19)21-4/h5-6,10,12,17H,7H2,1-4H3/t10-,12+/m1/s1. The van der Waals surface area contributed by atoms with Gasteiger partial charge in [0, 0.05) is 11.2 Å². The quantitative estimate of drug-likeness (QED) is 0.475. The van der Waals surface area contributed by atoms with Gasteiger partial charge in [-0.25, -0.2) is 4.79 Å². The first kappa shape index (κ1) is 17.5. The van der Waals surface area contributed by atoms with E-state index in [1.165, 1.54) is 20.3 Å². The number of allylic oxidation sites excluding steroid dienone is 3. The first-order chi connectivity index (χ1) is 9.87. The fourth-order valence-corrected chi connectivity index (χ4v) is 2.86. The summed E-state index contributed by atoms with van der Waals surface area (Å²) >= 11 is 3.30.